The number of ether oxygens (including phenoxy) is 1. The molecule has 2 heteroatoms. The van der Waals surface area contributed by atoms with Crippen LogP contribution in [-0.4, -0.2) is 7.11 Å². The molecule has 1 heterocycles. The van der Waals surface area contributed by atoms with Crippen molar-refractivity contribution in [2.45, 2.75) is 26.2 Å². The fourth-order valence-electron chi connectivity index (χ4n) is 4.55. The largest absolute Gasteiger partial charge is 0.496 e. The van der Waals surface area contributed by atoms with Crippen molar-refractivity contribution >= 4 is 32.5 Å². The quantitative estimate of drug-likeness (QED) is 0.291. The third-order valence-electron chi connectivity index (χ3n) is 5.85. The number of unbranched alkanes of at least 4 members (excludes halogenated alkanes) is 1. The molecule has 0 saturated heterocycles. The second-order valence-corrected chi connectivity index (χ2v) is 7.53. The summed E-state index contributed by atoms with van der Waals surface area (Å²) in [4.78, 5) is 0. The Hall–Kier alpha value is -3.26. The zero-order valence-electron chi connectivity index (χ0n) is 16.9. The first-order chi connectivity index (χ1) is 14.3. The molecule has 5 rings (SSSR count). The van der Waals surface area contributed by atoms with Gasteiger partial charge < -0.3 is 9.15 Å². The van der Waals surface area contributed by atoms with Crippen molar-refractivity contribution in [2.75, 3.05) is 7.11 Å². The molecule has 29 heavy (non-hydrogen) atoms. The van der Waals surface area contributed by atoms with Gasteiger partial charge in [0, 0.05) is 21.7 Å². The van der Waals surface area contributed by atoms with Crippen LogP contribution in [-0.2, 0) is 6.42 Å². The van der Waals surface area contributed by atoms with Crippen molar-refractivity contribution < 1.29 is 9.15 Å². The molecule has 2 nitrogen and oxygen atoms in total. The molecule has 0 bridgehead atoms. The first kappa shape index (κ1) is 17.8. The maximum absolute atomic E-state index is 6.00. The molecule has 0 amide bonds. The molecule has 0 aliphatic rings. The van der Waals surface area contributed by atoms with Gasteiger partial charge in [0.05, 0.1) is 13.4 Å². The number of hydrogen-bond donors (Lipinski definition) is 0. The molecule has 4 aromatic carbocycles. The van der Waals surface area contributed by atoms with Crippen molar-refractivity contribution in [3.05, 3.63) is 78.6 Å². The minimum absolute atomic E-state index is 0.923. The lowest BCUT2D eigenvalue weighted by molar-refractivity contribution is 0.415. The number of aryl methyl sites for hydroxylation is 1. The van der Waals surface area contributed by atoms with Gasteiger partial charge in [-0.1, -0.05) is 67.9 Å². The molecule has 0 atom stereocenters. The summed E-state index contributed by atoms with van der Waals surface area (Å²) >= 11 is 0. The number of benzene rings is 4. The number of furan rings is 1. The van der Waals surface area contributed by atoms with Gasteiger partial charge in [0.15, 0.2) is 0 Å². The van der Waals surface area contributed by atoms with E-state index in [1.54, 1.807) is 13.4 Å². The van der Waals surface area contributed by atoms with Crippen LogP contribution in [0.3, 0.4) is 0 Å². The molecule has 144 valence electrons. The summed E-state index contributed by atoms with van der Waals surface area (Å²) in [5.41, 5.74) is 4.62. The molecule has 0 aliphatic carbocycles. The van der Waals surface area contributed by atoms with Crippen LogP contribution in [0, 0.1) is 0 Å². The molecular weight excluding hydrogens is 356 g/mol. The van der Waals surface area contributed by atoms with Gasteiger partial charge in [0.25, 0.3) is 0 Å². The predicted molar refractivity (Wildman–Crippen MR) is 122 cm³/mol. The van der Waals surface area contributed by atoms with Crippen LogP contribution in [0.4, 0.5) is 0 Å². The molecule has 5 aromatic rings. The topological polar surface area (TPSA) is 22.4 Å². The minimum Gasteiger partial charge on any atom is -0.496 e. The number of fused-ring (bicyclic) bond motifs is 5. The van der Waals surface area contributed by atoms with E-state index in [1.165, 1.54) is 38.2 Å². The average Bonchev–Trinajstić information content (AvgIpc) is 3.25. The summed E-state index contributed by atoms with van der Waals surface area (Å²) in [6.07, 6.45) is 5.05. The van der Waals surface area contributed by atoms with Crippen LogP contribution in [0.25, 0.3) is 43.6 Å². The first-order valence-corrected chi connectivity index (χ1v) is 10.3. The van der Waals surface area contributed by atoms with E-state index in [1.807, 2.05) is 0 Å². The molecule has 0 spiro atoms. The van der Waals surface area contributed by atoms with Crippen LogP contribution in [0.1, 0.15) is 25.3 Å². The van der Waals surface area contributed by atoms with Crippen molar-refractivity contribution in [1.29, 1.82) is 0 Å². The monoisotopic (exact) mass is 380 g/mol. The van der Waals surface area contributed by atoms with Crippen LogP contribution in [0.5, 0.6) is 5.75 Å². The first-order valence-electron chi connectivity index (χ1n) is 10.3. The van der Waals surface area contributed by atoms with Gasteiger partial charge in [-0.25, -0.2) is 0 Å². The Balaban J connectivity index is 2.05. The van der Waals surface area contributed by atoms with E-state index in [0.29, 0.717) is 0 Å². The van der Waals surface area contributed by atoms with Crippen LogP contribution < -0.4 is 4.74 Å². The molecule has 0 aliphatic heterocycles. The molecule has 0 radical (unpaired) electrons. The average molecular weight is 380 g/mol. The van der Waals surface area contributed by atoms with E-state index >= 15 is 0 Å². The van der Waals surface area contributed by atoms with E-state index in [0.717, 1.165) is 36.0 Å². The maximum Gasteiger partial charge on any atom is 0.135 e. The van der Waals surface area contributed by atoms with Gasteiger partial charge in [-0.05, 0) is 46.9 Å². The Morgan fingerprint density at radius 2 is 1.59 bits per heavy atom. The second-order valence-electron chi connectivity index (χ2n) is 7.53. The van der Waals surface area contributed by atoms with Gasteiger partial charge in [0.1, 0.15) is 11.3 Å². The Morgan fingerprint density at radius 1 is 0.828 bits per heavy atom. The second kappa shape index (κ2) is 7.29. The predicted octanol–water partition coefficient (Wildman–Crippen LogP) is 7.76. The smallest absolute Gasteiger partial charge is 0.135 e. The molecule has 0 fully saturated rings. The van der Waals surface area contributed by atoms with Crippen LogP contribution in [0.15, 0.2) is 77.4 Å². The zero-order chi connectivity index (χ0) is 19.8. The lowest BCUT2D eigenvalue weighted by Gasteiger charge is -2.19. The SMILES string of the molecule is CCCCc1c(OC)c2ccccc2c2c(-c3ccccc3)cc3occc3c12. The van der Waals surface area contributed by atoms with Gasteiger partial charge in [-0.15, -0.1) is 0 Å². The highest BCUT2D eigenvalue weighted by molar-refractivity contribution is 6.25. The van der Waals surface area contributed by atoms with Crippen molar-refractivity contribution in [1.82, 2.24) is 0 Å². The summed E-state index contributed by atoms with van der Waals surface area (Å²) < 4.78 is 11.9. The summed E-state index contributed by atoms with van der Waals surface area (Å²) in [6.45, 7) is 2.23. The summed E-state index contributed by atoms with van der Waals surface area (Å²) in [7, 11) is 1.79. The summed E-state index contributed by atoms with van der Waals surface area (Å²) in [5, 5.41) is 6.11. The Morgan fingerprint density at radius 3 is 2.34 bits per heavy atom. The normalized spacial score (nSPS) is 11.5. The van der Waals surface area contributed by atoms with Crippen molar-refractivity contribution in [3.63, 3.8) is 0 Å². The highest BCUT2D eigenvalue weighted by atomic mass is 16.5. The number of methoxy groups -OCH3 is 1. The Kier molecular flexibility index (Phi) is 4.48. The molecule has 0 N–H and O–H groups in total. The number of hydrogen-bond acceptors (Lipinski definition) is 2. The molecule has 0 saturated carbocycles. The lowest BCUT2D eigenvalue weighted by Crippen LogP contribution is -1.98. The summed E-state index contributed by atoms with van der Waals surface area (Å²) in [6, 6.07) is 23.5. The van der Waals surface area contributed by atoms with Gasteiger partial charge in [0.2, 0.25) is 0 Å². The van der Waals surface area contributed by atoms with E-state index in [9.17, 15) is 0 Å². The molecule has 0 unspecified atom stereocenters. The maximum atomic E-state index is 6.00. The van der Waals surface area contributed by atoms with Crippen LogP contribution >= 0.6 is 0 Å². The standard InChI is InChI=1S/C27H24O2/c1-3-4-12-22-26-21-15-16-29-24(21)17-23(18-10-6-5-7-11-18)25(26)19-13-8-9-14-20(19)27(22)28-2/h5-11,13-17H,3-4,12H2,1-2H3. The molecule has 1 aromatic heterocycles. The molecular formula is C27H24O2. The highest BCUT2D eigenvalue weighted by Crippen LogP contribution is 2.46. The minimum atomic E-state index is 0.923. The Bertz CT molecular complexity index is 1310. The third-order valence-corrected chi connectivity index (χ3v) is 5.85. The van der Waals surface area contributed by atoms with Gasteiger partial charge in [-0.3, -0.25) is 0 Å². The van der Waals surface area contributed by atoms with Gasteiger partial charge in [-0.2, -0.15) is 0 Å². The fourth-order valence-corrected chi connectivity index (χ4v) is 4.55. The zero-order valence-corrected chi connectivity index (χ0v) is 16.9. The van der Waals surface area contributed by atoms with E-state index < -0.39 is 0 Å². The number of rotatable bonds is 5. The van der Waals surface area contributed by atoms with E-state index in [4.69, 9.17) is 9.15 Å². The summed E-state index contributed by atoms with van der Waals surface area (Å²) in [5.74, 6) is 0.995. The Labute approximate surface area is 170 Å². The third kappa shape index (κ3) is 2.79. The van der Waals surface area contributed by atoms with Crippen molar-refractivity contribution in [3.8, 4) is 16.9 Å². The lowest BCUT2D eigenvalue weighted by atomic mass is 9.87. The highest BCUT2D eigenvalue weighted by Gasteiger charge is 2.21. The van der Waals surface area contributed by atoms with Crippen molar-refractivity contribution in [2.24, 2.45) is 0 Å². The van der Waals surface area contributed by atoms with E-state index in [-0.39, 0.29) is 0 Å². The van der Waals surface area contributed by atoms with Crippen LogP contribution in [0.2, 0.25) is 0 Å². The van der Waals surface area contributed by atoms with E-state index in [2.05, 4.69) is 73.7 Å². The fraction of sp³-hybridized carbons (Fsp3) is 0.185. The van der Waals surface area contributed by atoms with Gasteiger partial charge >= 0.3 is 0 Å².